The van der Waals surface area contributed by atoms with E-state index in [1.54, 1.807) is 13.8 Å². The molecule has 0 bridgehead atoms. The molecule has 13 heavy (non-hydrogen) atoms. The highest BCUT2D eigenvalue weighted by molar-refractivity contribution is 9.12. The molecule has 0 spiro atoms. The average molecular weight is 264 g/mol. The fourth-order valence-electron chi connectivity index (χ4n) is 1.09. The van der Waals surface area contributed by atoms with Gasteiger partial charge in [0.05, 0.1) is 10.4 Å². The van der Waals surface area contributed by atoms with Gasteiger partial charge in [-0.05, 0) is 29.8 Å². The largest absolute Gasteiger partial charge is 0.289 e. The summed E-state index contributed by atoms with van der Waals surface area (Å²) in [6.07, 6.45) is 0. The van der Waals surface area contributed by atoms with Gasteiger partial charge in [-0.25, -0.2) is 0 Å². The van der Waals surface area contributed by atoms with Crippen LogP contribution in [0.2, 0.25) is 0 Å². The molecule has 0 aromatic heterocycles. The molecule has 0 amide bonds. The fourth-order valence-corrected chi connectivity index (χ4v) is 2.12. The second-order valence-corrected chi connectivity index (χ2v) is 3.89. The third-order valence-electron chi connectivity index (χ3n) is 2.12. The zero-order valence-corrected chi connectivity index (χ0v) is 9.62. The molecule has 0 N–H and O–H groups in total. The molecule has 1 aliphatic carbocycles. The average Bonchev–Trinajstić information content (AvgIpc) is 2.13. The lowest BCUT2D eigenvalue weighted by atomic mass is 9.92. The minimum absolute atomic E-state index is 0.0653. The van der Waals surface area contributed by atoms with E-state index in [9.17, 15) is 9.59 Å². The van der Waals surface area contributed by atoms with Gasteiger partial charge in [0.1, 0.15) is 0 Å². The molecule has 4 heteroatoms. The third-order valence-corrected chi connectivity index (χ3v) is 3.22. The summed E-state index contributed by atoms with van der Waals surface area (Å²) >= 11 is 8.64. The third kappa shape index (κ3) is 1.63. The molecule has 0 unspecified atom stereocenters. The van der Waals surface area contributed by atoms with Crippen LogP contribution >= 0.6 is 27.5 Å². The highest BCUT2D eigenvalue weighted by atomic mass is 79.9. The number of alkyl halides is 1. The Balaban J connectivity index is 3.29. The van der Waals surface area contributed by atoms with E-state index < -0.39 is 0 Å². The molecular weight excluding hydrogens is 255 g/mol. The van der Waals surface area contributed by atoms with E-state index in [0.717, 1.165) is 0 Å². The van der Waals surface area contributed by atoms with Gasteiger partial charge < -0.3 is 0 Å². The lowest BCUT2D eigenvalue weighted by molar-refractivity contribution is -0.115. The second-order valence-electron chi connectivity index (χ2n) is 2.83. The first-order valence-corrected chi connectivity index (χ1v) is 5.05. The minimum atomic E-state index is -0.146. The minimum Gasteiger partial charge on any atom is -0.289 e. The predicted molar refractivity (Wildman–Crippen MR) is 55.1 cm³/mol. The Hall–Kier alpha value is -0.410. The molecule has 0 atom stereocenters. The zero-order chi connectivity index (χ0) is 10.2. The number of hydrogen-bond donors (Lipinski definition) is 0. The van der Waals surface area contributed by atoms with Crippen LogP contribution in [-0.4, -0.2) is 17.4 Å². The van der Waals surface area contributed by atoms with Crippen molar-refractivity contribution in [2.24, 2.45) is 0 Å². The maximum Gasteiger partial charge on any atom is 0.196 e. The molecule has 0 radical (unpaired) electrons. The number of carbonyl (C=O) groups excluding carboxylic acids is 2. The monoisotopic (exact) mass is 262 g/mol. The summed E-state index contributed by atoms with van der Waals surface area (Å²) in [5.41, 5.74) is 1.34. The molecule has 0 saturated heterocycles. The van der Waals surface area contributed by atoms with Gasteiger partial charge >= 0.3 is 0 Å². The maximum absolute atomic E-state index is 11.5. The number of allylic oxidation sites excluding steroid dienone is 4. The first-order chi connectivity index (χ1) is 6.00. The molecule has 1 aliphatic rings. The molecule has 0 heterocycles. The summed E-state index contributed by atoms with van der Waals surface area (Å²) in [5, 5.41) is 0. The first-order valence-electron chi connectivity index (χ1n) is 3.72. The molecular formula is C9H8BrClO2. The van der Waals surface area contributed by atoms with Crippen LogP contribution in [0, 0.1) is 0 Å². The van der Waals surface area contributed by atoms with Crippen molar-refractivity contribution in [2.45, 2.75) is 13.8 Å². The smallest absolute Gasteiger partial charge is 0.196 e. The van der Waals surface area contributed by atoms with Gasteiger partial charge in [-0.15, -0.1) is 11.6 Å². The molecule has 0 saturated carbocycles. The predicted octanol–water partition coefficient (Wildman–Crippen LogP) is 2.36. The zero-order valence-electron chi connectivity index (χ0n) is 7.28. The quantitative estimate of drug-likeness (QED) is 0.538. The Bertz CT molecular complexity index is 353. The van der Waals surface area contributed by atoms with Crippen molar-refractivity contribution in [3.05, 3.63) is 21.2 Å². The van der Waals surface area contributed by atoms with Crippen molar-refractivity contribution in [3.63, 3.8) is 0 Å². The number of carbonyl (C=O) groups is 2. The lowest BCUT2D eigenvalue weighted by Crippen LogP contribution is -2.20. The Labute approximate surface area is 89.8 Å². The van der Waals surface area contributed by atoms with Crippen LogP contribution in [0.15, 0.2) is 21.2 Å². The van der Waals surface area contributed by atoms with Gasteiger partial charge in [-0.1, -0.05) is 0 Å². The summed E-state index contributed by atoms with van der Waals surface area (Å²) in [4.78, 5) is 23.0. The van der Waals surface area contributed by atoms with Gasteiger partial charge in [0.15, 0.2) is 11.6 Å². The van der Waals surface area contributed by atoms with Crippen LogP contribution in [-0.2, 0) is 9.59 Å². The van der Waals surface area contributed by atoms with Crippen molar-refractivity contribution in [3.8, 4) is 0 Å². The van der Waals surface area contributed by atoms with Crippen LogP contribution in [0.5, 0.6) is 0 Å². The number of ketones is 2. The number of Topliss-reactive ketones (excluding diaryl/α,β-unsaturated/α-hetero) is 2. The summed E-state index contributed by atoms with van der Waals surface area (Å²) in [6, 6.07) is 0. The van der Waals surface area contributed by atoms with Crippen molar-refractivity contribution >= 4 is 39.1 Å². The van der Waals surface area contributed by atoms with E-state index in [1.807, 2.05) is 0 Å². The number of rotatable bonds is 1. The number of halogens is 2. The standard InChI is InChI=1S/C9H8BrClO2/c1-4-5(2)9(13)7(10)6(3-11)8(4)12/h3H2,1-2H3. The van der Waals surface area contributed by atoms with Crippen molar-refractivity contribution < 1.29 is 9.59 Å². The molecule has 0 aliphatic heterocycles. The molecule has 0 fully saturated rings. The van der Waals surface area contributed by atoms with Gasteiger partial charge in [0.2, 0.25) is 0 Å². The van der Waals surface area contributed by atoms with E-state index in [4.69, 9.17) is 11.6 Å². The van der Waals surface area contributed by atoms with Crippen molar-refractivity contribution in [1.82, 2.24) is 0 Å². The topological polar surface area (TPSA) is 34.1 Å². The van der Waals surface area contributed by atoms with Crippen LogP contribution in [0.25, 0.3) is 0 Å². The number of hydrogen-bond acceptors (Lipinski definition) is 2. The van der Waals surface area contributed by atoms with Crippen LogP contribution in [0.1, 0.15) is 13.8 Å². The summed E-state index contributed by atoms with van der Waals surface area (Å²) < 4.78 is 0.301. The van der Waals surface area contributed by atoms with Gasteiger partial charge in [0, 0.05) is 16.7 Å². The van der Waals surface area contributed by atoms with Gasteiger partial charge in [-0.3, -0.25) is 9.59 Å². The molecule has 70 valence electrons. The highest BCUT2D eigenvalue weighted by Gasteiger charge is 2.27. The van der Waals surface area contributed by atoms with E-state index in [2.05, 4.69) is 15.9 Å². The van der Waals surface area contributed by atoms with E-state index >= 15 is 0 Å². The van der Waals surface area contributed by atoms with Crippen LogP contribution < -0.4 is 0 Å². The van der Waals surface area contributed by atoms with Crippen molar-refractivity contribution in [2.75, 3.05) is 5.88 Å². The molecule has 2 nitrogen and oxygen atoms in total. The second kappa shape index (κ2) is 3.76. The molecule has 0 aromatic carbocycles. The van der Waals surface area contributed by atoms with Crippen LogP contribution in [0.4, 0.5) is 0 Å². The summed E-state index contributed by atoms with van der Waals surface area (Å²) in [7, 11) is 0. The maximum atomic E-state index is 11.5. The summed E-state index contributed by atoms with van der Waals surface area (Å²) in [6.45, 7) is 3.28. The Morgan fingerprint density at radius 3 is 2.08 bits per heavy atom. The Kier molecular flexibility index (Phi) is 3.09. The normalized spacial score (nSPS) is 18.8. The van der Waals surface area contributed by atoms with Crippen molar-refractivity contribution in [1.29, 1.82) is 0 Å². The molecule has 1 rings (SSSR count). The highest BCUT2D eigenvalue weighted by Crippen LogP contribution is 2.28. The SMILES string of the molecule is CC1=C(C)C(=O)C(CCl)=C(Br)C1=O. The summed E-state index contributed by atoms with van der Waals surface area (Å²) in [5.74, 6) is -0.220. The van der Waals surface area contributed by atoms with E-state index in [1.165, 1.54) is 0 Å². The Morgan fingerprint density at radius 1 is 1.15 bits per heavy atom. The fraction of sp³-hybridized carbons (Fsp3) is 0.333. The van der Waals surface area contributed by atoms with Gasteiger partial charge in [0.25, 0.3) is 0 Å². The first kappa shape index (κ1) is 10.7. The molecule has 0 aromatic rings. The van der Waals surface area contributed by atoms with E-state index in [0.29, 0.717) is 21.2 Å². The van der Waals surface area contributed by atoms with E-state index in [-0.39, 0.29) is 17.4 Å². The Morgan fingerprint density at radius 2 is 1.62 bits per heavy atom. The lowest BCUT2D eigenvalue weighted by Gasteiger charge is -2.15. The van der Waals surface area contributed by atoms with Crippen LogP contribution in [0.3, 0.4) is 0 Å². The van der Waals surface area contributed by atoms with Gasteiger partial charge in [-0.2, -0.15) is 0 Å².